The number of nitrogens with one attached hydrogen (secondary N) is 3. The lowest BCUT2D eigenvalue weighted by Crippen LogP contribution is -2.39. The highest BCUT2D eigenvalue weighted by Crippen LogP contribution is 2.28. The maximum atomic E-state index is 12.2. The number of rotatable bonds is 4. The number of imidazole rings is 1. The summed E-state index contributed by atoms with van der Waals surface area (Å²) < 4.78 is 5.68. The summed E-state index contributed by atoms with van der Waals surface area (Å²) in [5, 5.41) is 6.38. The fourth-order valence-corrected chi connectivity index (χ4v) is 4.19. The Kier molecular flexibility index (Phi) is 4.73. The van der Waals surface area contributed by atoms with E-state index in [9.17, 15) is 4.79 Å². The van der Waals surface area contributed by atoms with Crippen molar-refractivity contribution in [3.05, 3.63) is 24.0 Å². The molecule has 3 N–H and O–H groups in total. The molecule has 7 heteroatoms. The van der Waals surface area contributed by atoms with Crippen LogP contribution in [0.5, 0.6) is 0 Å². The van der Waals surface area contributed by atoms with Crippen LogP contribution in [0.25, 0.3) is 11.0 Å². The molecular formula is C17H22N4O2S. The Balaban J connectivity index is 1.43. The number of anilines is 1. The van der Waals surface area contributed by atoms with Crippen LogP contribution >= 0.6 is 11.8 Å². The number of ether oxygens (including phenoxy) is 1. The van der Waals surface area contributed by atoms with E-state index in [1.807, 2.05) is 30.0 Å². The van der Waals surface area contributed by atoms with Crippen LogP contribution in [-0.4, -0.2) is 46.6 Å². The predicted octanol–water partition coefficient (Wildman–Crippen LogP) is 2.45. The molecule has 4 rings (SSSR count). The third kappa shape index (κ3) is 3.58. The van der Waals surface area contributed by atoms with Gasteiger partial charge in [-0.3, -0.25) is 4.79 Å². The average Bonchev–Trinajstić information content (AvgIpc) is 3.24. The average molecular weight is 346 g/mol. The van der Waals surface area contributed by atoms with Crippen LogP contribution < -0.4 is 10.6 Å². The van der Waals surface area contributed by atoms with E-state index in [1.165, 1.54) is 0 Å². The van der Waals surface area contributed by atoms with E-state index in [0.29, 0.717) is 6.42 Å². The third-order valence-electron chi connectivity index (χ3n) is 4.45. The quantitative estimate of drug-likeness (QED) is 0.792. The molecule has 2 saturated heterocycles. The van der Waals surface area contributed by atoms with Crippen molar-refractivity contribution in [3.63, 3.8) is 0 Å². The lowest BCUT2D eigenvalue weighted by Gasteiger charge is -2.22. The van der Waals surface area contributed by atoms with Gasteiger partial charge in [0, 0.05) is 42.8 Å². The number of hydrogen-bond acceptors (Lipinski definition) is 5. The van der Waals surface area contributed by atoms with Gasteiger partial charge in [0.25, 0.3) is 0 Å². The maximum Gasteiger partial charge on any atom is 0.225 e. The van der Waals surface area contributed by atoms with Crippen molar-refractivity contribution in [1.29, 1.82) is 0 Å². The molecule has 1 amide bonds. The Morgan fingerprint density at radius 2 is 2.42 bits per heavy atom. The van der Waals surface area contributed by atoms with Crippen LogP contribution in [0.2, 0.25) is 0 Å². The fraction of sp³-hybridized carbons (Fsp3) is 0.529. The molecule has 128 valence electrons. The predicted molar refractivity (Wildman–Crippen MR) is 96.4 cm³/mol. The minimum Gasteiger partial charge on any atom is -0.370 e. The highest BCUT2D eigenvalue weighted by Gasteiger charge is 2.21. The molecule has 2 aliphatic heterocycles. The number of thioether (sulfide) groups is 1. The summed E-state index contributed by atoms with van der Waals surface area (Å²) in [5.74, 6) is 3.06. The van der Waals surface area contributed by atoms with E-state index in [1.54, 1.807) is 0 Å². The standard InChI is InChI=1S/C17H22N4O2S/c22-16(9-12-10-24-7-5-18-12)19-11-3-4-13-14(8-11)21-17(20-13)15-2-1-6-23-15/h3-4,8,12,15,18H,1-2,5-7,9-10H2,(H,19,22)(H,20,21). The highest BCUT2D eigenvalue weighted by molar-refractivity contribution is 7.99. The molecule has 2 atom stereocenters. The smallest absolute Gasteiger partial charge is 0.225 e. The molecule has 2 aliphatic rings. The van der Waals surface area contributed by atoms with Crippen LogP contribution in [0.4, 0.5) is 5.69 Å². The number of benzene rings is 1. The number of carbonyl (C=O) groups is 1. The number of aromatic nitrogens is 2. The van der Waals surface area contributed by atoms with Crippen LogP contribution in [0.3, 0.4) is 0 Å². The zero-order valence-corrected chi connectivity index (χ0v) is 14.3. The van der Waals surface area contributed by atoms with Gasteiger partial charge in [0.1, 0.15) is 11.9 Å². The van der Waals surface area contributed by atoms with Gasteiger partial charge < -0.3 is 20.4 Å². The number of hydrogen-bond donors (Lipinski definition) is 3. The number of carbonyl (C=O) groups excluding carboxylic acids is 1. The summed E-state index contributed by atoms with van der Waals surface area (Å²) in [6.07, 6.45) is 2.67. The van der Waals surface area contributed by atoms with Crippen molar-refractivity contribution in [1.82, 2.24) is 15.3 Å². The summed E-state index contributed by atoms with van der Waals surface area (Å²) >= 11 is 1.90. The van der Waals surface area contributed by atoms with E-state index >= 15 is 0 Å². The molecule has 2 aromatic rings. The lowest BCUT2D eigenvalue weighted by atomic mass is 10.2. The number of aromatic amines is 1. The van der Waals surface area contributed by atoms with Crippen molar-refractivity contribution < 1.29 is 9.53 Å². The molecule has 2 unspecified atom stereocenters. The second kappa shape index (κ2) is 7.13. The first kappa shape index (κ1) is 15.9. The monoisotopic (exact) mass is 346 g/mol. The molecule has 2 fully saturated rings. The number of fused-ring (bicyclic) bond motifs is 1. The van der Waals surface area contributed by atoms with Gasteiger partial charge in [0.2, 0.25) is 5.91 Å². The summed E-state index contributed by atoms with van der Waals surface area (Å²) in [5.41, 5.74) is 2.65. The van der Waals surface area contributed by atoms with E-state index in [2.05, 4.69) is 20.6 Å². The maximum absolute atomic E-state index is 12.2. The Morgan fingerprint density at radius 3 is 3.21 bits per heavy atom. The van der Waals surface area contributed by atoms with E-state index in [4.69, 9.17) is 4.74 Å². The Hall–Kier alpha value is -1.57. The first-order valence-corrected chi connectivity index (χ1v) is 9.66. The number of amides is 1. The molecule has 0 spiro atoms. The first-order valence-electron chi connectivity index (χ1n) is 8.50. The fourth-order valence-electron chi connectivity index (χ4n) is 3.24. The molecular weight excluding hydrogens is 324 g/mol. The number of nitrogens with zero attached hydrogens (tertiary/aromatic N) is 1. The molecule has 6 nitrogen and oxygen atoms in total. The Morgan fingerprint density at radius 1 is 1.46 bits per heavy atom. The Labute approximate surface area is 145 Å². The molecule has 1 aromatic heterocycles. The van der Waals surface area contributed by atoms with Gasteiger partial charge in [0.05, 0.1) is 11.0 Å². The molecule has 0 radical (unpaired) electrons. The number of H-pyrrole nitrogens is 1. The molecule has 0 aliphatic carbocycles. The van der Waals surface area contributed by atoms with Crippen LogP contribution in [0, 0.1) is 0 Å². The van der Waals surface area contributed by atoms with Crippen molar-refractivity contribution in [2.75, 3.05) is 30.0 Å². The Bertz CT molecular complexity index is 720. The van der Waals surface area contributed by atoms with Gasteiger partial charge in [-0.1, -0.05) is 0 Å². The van der Waals surface area contributed by atoms with Gasteiger partial charge in [0.15, 0.2) is 0 Å². The van der Waals surface area contributed by atoms with Crippen molar-refractivity contribution in [3.8, 4) is 0 Å². The highest BCUT2D eigenvalue weighted by atomic mass is 32.2. The van der Waals surface area contributed by atoms with Gasteiger partial charge in [-0.15, -0.1) is 0 Å². The van der Waals surface area contributed by atoms with Gasteiger partial charge >= 0.3 is 0 Å². The van der Waals surface area contributed by atoms with Crippen molar-refractivity contribution >= 4 is 34.4 Å². The van der Waals surface area contributed by atoms with E-state index in [0.717, 1.165) is 60.0 Å². The topological polar surface area (TPSA) is 79.0 Å². The third-order valence-corrected chi connectivity index (χ3v) is 5.58. The van der Waals surface area contributed by atoms with Gasteiger partial charge in [-0.2, -0.15) is 11.8 Å². The second-order valence-electron chi connectivity index (χ2n) is 6.33. The second-order valence-corrected chi connectivity index (χ2v) is 7.48. The normalized spacial score (nSPS) is 24.3. The SMILES string of the molecule is O=C(CC1CSCCN1)Nc1ccc2nc(C3CCCO3)[nH]c2c1. The van der Waals surface area contributed by atoms with Crippen LogP contribution in [0.15, 0.2) is 18.2 Å². The summed E-state index contributed by atoms with van der Waals surface area (Å²) in [7, 11) is 0. The summed E-state index contributed by atoms with van der Waals surface area (Å²) in [6, 6.07) is 6.06. The van der Waals surface area contributed by atoms with Crippen LogP contribution in [-0.2, 0) is 9.53 Å². The first-order chi connectivity index (χ1) is 11.8. The van der Waals surface area contributed by atoms with E-state index < -0.39 is 0 Å². The lowest BCUT2D eigenvalue weighted by molar-refractivity contribution is -0.116. The molecule has 24 heavy (non-hydrogen) atoms. The minimum atomic E-state index is 0.0493. The van der Waals surface area contributed by atoms with Crippen molar-refractivity contribution in [2.24, 2.45) is 0 Å². The van der Waals surface area contributed by atoms with Crippen molar-refractivity contribution in [2.45, 2.75) is 31.4 Å². The summed E-state index contributed by atoms with van der Waals surface area (Å²) in [4.78, 5) is 20.2. The van der Waals surface area contributed by atoms with E-state index in [-0.39, 0.29) is 18.1 Å². The van der Waals surface area contributed by atoms with Gasteiger partial charge in [-0.05, 0) is 31.0 Å². The molecule has 1 aromatic carbocycles. The van der Waals surface area contributed by atoms with Crippen LogP contribution in [0.1, 0.15) is 31.2 Å². The van der Waals surface area contributed by atoms with Gasteiger partial charge in [-0.25, -0.2) is 4.98 Å². The molecule has 0 saturated carbocycles. The summed E-state index contributed by atoms with van der Waals surface area (Å²) in [6.45, 7) is 1.78. The zero-order valence-electron chi connectivity index (χ0n) is 13.5. The minimum absolute atomic E-state index is 0.0493. The molecule has 3 heterocycles. The molecule has 0 bridgehead atoms. The zero-order chi connectivity index (χ0) is 16.4. The largest absolute Gasteiger partial charge is 0.370 e.